The van der Waals surface area contributed by atoms with Crippen LogP contribution in [0.4, 0.5) is 5.13 Å². The molecule has 1 N–H and O–H groups in total. The van der Waals surface area contributed by atoms with Gasteiger partial charge in [-0.05, 0) is 25.2 Å². The lowest BCUT2D eigenvalue weighted by atomic mass is 9.82. The summed E-state index contributed by atoms with van der Waals surface area (Å²) in [5, 5.41) is 6.16. The van der Waals surface area contributed by atoms with Gasteiger partial charge in [0.25, 0.3) is 0 Å². The minimum Gasteiger partial charge on any atom is -0.466 e. The van der Waals surface area contributed by atoms with E-state index in [4.69, 9.17) is 9.47 Å². The molecule has 2 heterocycles. The molecule has 20 heavy (non-hydrogen) atoms. The number of esters is 1. The molecule has 1 aliphatic rings. The van der Waals surface area contributed by atoms with Gasteiger partial charge in [0, 0.05) is 25.1 Å². The molecule has 0 radical (unpaired) electrons. The molecular weight excluding hydrogens is 276 g/mol. The van der Waals surface area contributed by atoms with Gasteiger partial charge in [0.15, 0.2) is 5.13 Å². The summed E-state index contributed by atoms with van der Waals surface area (Å²) >= 11 is 1.54. The van der Waals surface area contributed by atoms with Crippen LogP contribution in [-0.4, -0.2) is 37.3 Å². The van der Waals surface area contributed by atoms with Gasteiger partial charge < -0.3 is 14.8 Å². The van der Waals surface area contributed by atoms with Crippen molar-refractivity contribution in [1.29, 1.82) is 0 Å². The van der Waals surface area contributed by atoms with Gasteiger partial charge in [-0.25, -0.2) is 4.98 Å². The third-order valence-electron chi connectivity index (χ3n) is 3.55. The number of carbonyl (C=O) groups is 1. The van der Waals surface area contributed by atoms with Crippen molar-refractivity contribution in [2.75, 3.05) is 31.7 Å². The number of aromatic nitrogens is 1. The van der Waals surface area contributed by atoms with E-state index in [9.17, 15) is 4.79 Å². The molecule has 0 spiro atoms. The first kappa shape index (κ1) is 15.3. The first-order chi connectivity index (χ1) is 9.61. The summed E-state index contributed by atoms with van der Waals surface area (Å²) < 4.78 is 10.3. The Balaban J connectivity index is 1.81. The highest BCUT2D eigenvalue weighted by molar-refractivity contribution is 7.13. The fraction of sp³-hybridized carbons (Fsp3) is 0.714. The Morgan fingerprint density at radius 1 is 1.55 bits per heavy atom. The minimum atomic E-state index is -0.222. The Labute approximate surface area is 123 Å². The van der Waals surface area contributed by atoms with Crippen LogP contribution in [0.5, 0.6) is 0 Å². The molecule has 2 rings (SSSR count). The van der Waals surface area contributed by atoms with Gasteiger partial charge >= 0.3 is 5.97 Å². The van der Waals surface area contributed by atoms with Gasteiger partial charge in [-0.3, -0.25) is 4.79 Å². The zero-order valence-electron chi connectivity index (χ0n) is 12.1. The number of nitrogens with one attached hydrogen (secondary N) is 1. The molecule has 1 aromatic heterocycles. The average Bonchev–Trinajstić information content (AvgIpc) is 2.85. The molecular formula is C14H22N2O3S. The normalized spacial score (nSPS) is 17.7. The Hall–Kier alpha value is -1.14. The lowest BCUT2D eigenvalue weighted by molar-refractivity contribution is -0.142. The van der Waals surface area contributed by atoms with E-state index in [0.29, 0.717) is 6.61 Å². The predicted octanol–water partition coefficient (Wildman–Crippen LogP) is 2.48. The van der Waals surface area contributed by atoms with Crippen molar-refractivity contribution in [2.45, 2.75) is 33.1 Å². The summed E-state index contributed by atoms with van der Waals surface area (Å²) in [6.45, 7) is 7.06. The van der Waals surface area contributed by atoms with E-state index in [-0.39, 0.29) is 17.8 Å². The standard InChI is InChI=1S/C14H22N2O3S/c1-3-19-12(17)8-11-9-20-13(16-11)15-10-14(2)4-6-18-7-5-14/h9H,3-8,10H2,1-2H3,(H,15,16). The molecule has 1 fully saturated rings. The van der Waals surface area contributed by atoms with Gasteiger partial charge in [0.2, 0.25) is 0 Å². The quantitative estimate of drug-likeness (QED) is 0.818. The first-order valence-electron chi connectivity index (χ1n) is 7.03. The molecule has 1 saturated heterocycles. The van der Waals surface area contributed by atoms with Crippen molar-refractivity contribution >= 4 is 22.4 Å². The van der Waals surface area contributed by atoms with Crippen LogP contribution in [-0.2, 0) is 20.7 Å². The Morgan fingerprint density at radius 3 is 3.00 bits per heavy atom. The maximum absolute atomic E-state index is 11.4. The SMILES string of the molecule is CCOC(=O)Cc1csc(NCC2(C)CCOCC2)n1. The molecule has 0 bridgehead atoms. The van der Waals surface area contributed by atoms with Crippen molar-refractivity contribution in [2.24, 2.45) is 5.41 Å². The average molecular weight is 298 g/mol. The molecule has 0 saturated carbocycles. The van der Waals surface area contributed by atoms with E-state index in [2.05, 4.69) is 17.2 Å². The van der Waals surface area contributed by atoms with E-state index in [1.165, 1.54) is 11.3 Å². The predicted molar refractivity (Wildman–Crippen MR) is 79.1 cm³/mol. The molecule has 6 heteroatoms. The number of rotatable bonds is 6. The molecule has 0 amide bonds. The van der Waals surface area contributed by atoms with Crippen molar-refractivity contribution in [1.82, 2.24) is 4.98 Å². The highest BCUT2D eigenvalue weighted by Gasteiger charge is 2.27. The van der Waals surface area contributed by atoms with E-state index >= 15 is 0 Å². The summed E-state index contributed by atoms with van der Waals surface area (Å²) in [5.41, 5.74) is 1.04. The number of carbonyl (C=O) groups excluding carboxylic acids is 1. The molecule has 5 nitrogen and oxygen atoms in total. The van der Waals surface area contributed by atoms with Gasteiger partial charge in [-0.2, -0.15) is 0 Å². The van der Waals surface area contributed by atoms with Crippen LogP contribution in [0.1, 0.15) is 32.4 Å². The molecule has 0 atom stereocenters. The monoisotopic (exact) mass is 298 g/mol. The van der Waals surface area contributed by atoms with Crippen molar-refractivity contribution < 1.29 is 14.3 Å². The molecule has 0 unspecified atom stereocenters. The van der Waals surface area contributed by atoms with Crippen molar-refractivity contribution in [3.63, 3.8) is 0 Å². The summed E-state index contributed by atoms with van der Waals surface area (Å²) in [4.78, 5) is 15.8. The highest BCUT2D eigenvalue weighted by atomic mass is 32.1. The topological polar surface area (TPSA) is 60.5 Å². The maximum Gasteiger partial charge on any atom is 0.311 e. The second-order valence-corrected chi connectivity index (χ2v) is 6.26. The van der Waals surface area contributed by atoms with Gasteiger partial charge in [0.05, 0.1) is 18.7 Å². The smallest absolute Gasteiger partial charge is 0.311 e. The number of ether oxygens (including phenoxy) is 2. The van der Waals surface area contributed by atoms with E-state index in [0.717, 1.165) is 43.4 Å². The van der Waals surface area contributed by atoms with E-state index in [1.807, 2.05) is 5.38 Å². The molecule has 1 aromatic rings. The Morgan fingerprint density at radius 2 is 2.30 bits per heavy atom. The van der Waals surface area contributed by atoms with E-state index < -0.39 is 0 Å². The summed E-state index contributed by atoms with van der Waals surface area (Å²) in [7, 11) is 0. The van der Waals surface area contributed by atoms with Crippen LogP contribution in [0.2, 0.25) is 0 Å². The largest absolute Gasteiger partial charge is 0.466 e. The molecule has 0 aliphatic carbocycles. The third kappa shape index (κ3) is 4.45. The molecule has 1 aliphatic heterocycles. The maximum atomic E-state index is 11.4. The molecule has 0 aromatic carbocycles. The van der Waals surface area contributed by atoms with Crippen LogP contribution in [0.3, 0.4) is 0 Å². The number of nitrogens with zero attached hydrogens (tertiary/aromatic N) is 1. The fourth-order valence-electron chi connectivity index (χ4n) is 2.16. The van der Waals surface area contributed by atoms with Crippen LogP contribution < -0.4 is 5.32 Å². The zero-order chi connectivity index (χ0) is 14.4. The van der Waals surface area contributed by atoms with Gasteiger partial charge in [-0.1, -0.05) is 6.92 Å². The minimum absolute atomic E-state index is 0.222. The number of thiazole rings is 1. The summed E-state index contributed by atoms with van der Waals surface area (Å²) in [6.07, 6.45) is 2.39. The van der Waals surface area contributed by atoms with Gasteiger partial charge in [-0.15, -0.1) is 11.3 Å². The van der Waals surface area contributed by atoms with Crippen LogP contribution in [0.25, 0.3) is 0 Å². The van der Waals surface area contributed by atoms with Crippen LogP contribution >= 0.6 is 11.3 Å². The fourth-order valence-corrected chi connectivity index (χ4v) is 2.87. The Kier molecular flexibility index (Phi) is 5.37. The number of hydrogen-bond donors (Lipinski definition) is 1. The van der Waals surface area contributed by atoms with E-state index in [1.54, 1.807) is 6.92 Å². The lowest BCUT2D eigenvalue weighted by Crippen LogP contribution is -2.33. The van der Waals surface area contributed by atoms with Crippen LogP contribution in [0.15, 0.2) is 5.38 Å². The van der Waals surface area contributed by atoms with Crippen molar-refractivity contribution in [3.05, 3.63) is 11.1 Å². The van der Waals surface area contributed by atoms with Gasteiger partial charge in [0.1, 0.15) is 0 Å². The molecule has 112 valence electrons. The lowest BCUT2D eigenvalue weighted by Gasteiger charge is -2.33. The summed E-state index contributed by atoms with van der Waals surface area (Å²) in [6, 6.07) is 0. The second kappa shape index (κ2) is 7.04. The highest BCUT2D eigenvalue weighted by Crippen LogP contribution is 2.30. The third-order valence-corrected chi connectivity index (χ3v) is 4.40. The van der Waals surface area contributed by atoms with Crippen molar-refractivity contribution in [3.8, 4) is 0 Å². The van der Waals surface area contributed by atoms with Crippen LogP contribution in [0, 0.1) is 5.41 Å². The first-order valence-corrected chi connectivity index (χ1v) is 7.91. The number of anilines is 1. The summed E-state index contributed by atoms with van der Waals surface area (Å²) in [5.74, 6) is -0.222. The number of hydrogen-bond acceptors (Lipinski definition) is 6. The Bertz CT molecular complexity index is 441. The zero-order valence-corrected chi connectivity index (χ0v) is 12.9. The second-order valence-electron chi connectivity index (χ2n) is 5.40.